The van der Waals surface area contributed by atoms with Crippen LogP contribution in [-0.2, 0) is 33.8 Å². The van der Waals surface area contributed by atoms with Crippen LogP contribution in [0.25, 0.3) is 0 Å². The zero-order valence-corrected chi connectivity index (χ0v) is 23.4. The van der Waals surface area contributed by atoms with Gasteiger partial charge in [0.2, 0.25) is 5.91 Å². The Morgan fingerprint density at radius 3 is 2.17 bits per heavy atom. The molecule has 0 saturated carbocycles. The lowest BCUT2D eigenvalue weighted by Gasteiger charge is -2.18. The standard InChI is InChI=1S/C33H31ClFNO5/c1-39-32-17-9-23(19-29(32)34)10-18-33(38)36-30(22-40-21-25-5-3-2-4-6-25)31(37)20-24-7-13-27(14-8-24)41-28-15-11-26(35)12-16-28/h2-9,11-17,19,30H,10,18,20-22H2,1H3,(H,36,38)/t30-/m0/s1. The molecule has 4 aromatic rings. The number of hydrogen-bond acceptors (Lipinski definition) is 5. The van der Waals surface area contributed by atoms with Crippen molar-refractivity contribution in [2.45, 2.75) is 31.9 Å². The first-order valence-corrected chi connectivity index (χ1v) is 13.6. The van der Waals surface area contributed by atoms with Crippen molar-refractivity contribution >= 4 is 23.3 Å². The Morgan fingerprint density at radius 2 is 1.51 bits per heavy atom. The minimum Gasteiger partial charge on any atom is -0.495 e. The molecule has 0 aliphatic carbocycles. The van der Waals surface area contributed by atoms with E-state index in [2.05, 4.69) is 5.32 Å². The summed E-state index contributed by atoms with van der Waals surface area (Å²) in [5.41, 5.74) is 2.62. The molecule has 0 saturated heterocycles. The molecule has 6 nitrogen and oxygen atoms in total. The van der Waals surface area contributed by atoms with Crippen LogP contribution in [0, 0.1) is 5.82 Å². The normalized spacial score (nSPS) is 11.5. The van der Waals surface area contributed by atoms with Crippen molar-refractivity contribution in [3.63, 3.8) is 0 Å². The average Bonchev–Trinajstić information content (AvgIpc) is 2.98. The molecular formula is C33H31ClFNO5. The van der Waals surface area contributed by atoms with Gasteiger partial charge >= 0.3 is 0 Å². The molecule has 4 rings (SSSR count). The number of carbonyl (C=O) groups excluding carboxylic acids is 2. The van der Waals surface area contributed by atoms with Crippen LogP contribution in [0.3, 0.4) is 0 Å². The number of benzene rings is 4. The van der Waals surface area contributed by atoms with Gasteiger partial charge in [-0.3, -0.25) is 9.59 Å². The number of methoxy groups -OCH3 is 1. The lowest BCUT2D eigenvalue weighted by atomic mass is 10.0. The third kappa shape index (κ3) is 9.45. The van der Waals surface area contributed by atoms with Crippen LogP contribution in [0.15, 0.2) is 97.1 Å². The third-order valence-corrected chi connectivity index (χ3v) is 6.62. The number of Topliss-reactive ketones (excluding diaryl/α,β-unsaturated/α-hetero) is 1. The molecule has 0 spiro atoms. The first-order valence-electron chi connectivity index (χ1n) is 13.2. The molecular weight excluding hydrogens is 545 g/mol. The average molecular weight is 576 g/mol. The number of nitrogens with one attached hydrogen (secondary N) is 1. The number of ketones is 1. The van der Waals surface area contributed by atoms with Crippen LogP contribution in [0.4, 0.5) is 4.39 Å². The van der Waals surface area contributed by atoms with Crippen LogP contribution >= 0.6 is 11.6 Å². The molecule has 0 unspecified atom stereocenters. The maximum atomic E-state index is 13.3. The highest BCUT2D eigenvalue weighted by atomic mass is 35.5. The zero-order valence-electron chi connectivity index (χ0n) is 22.6. The quantitative estimate of drug-likeness (QED) is 0.180. The minimum absolute atomic E-state index is 0.0413. The van der Waals surface area contributed by atoms with Crippen LogP contribution in [0.1, 0.15) is 23.1 Å². The van der Waals surface area contributed by atoms with Gasteiger partial charge in [-0.25, -0.2) is 4.39 Å². The topological polar surface area (TPSA) is 73.9 Å². The molecule has 0 aliphatic rings. The number of ether oxygens (including phenoxy) is 3. The summed E-state index contributed by atoms with van der Waals surface area (Å²) < 4.78 is 29.9. The van der Waals surface area contributed by atoms with Gasteiger partial charge in [-0.2, -0.15) is 0 Å². The molecule has 212 valence electrons. The van der Waals surface area contributed by atoms with E-state index in [9.17, 15) is 14.0 Å². The number of hydrogen-bond donors (Lipinski definition) is 1. The van der Waals surface area contributed by atoms with Gasteiger partial charge in [-0.1, -0.05) is 60.1 Å². The predicted molar refractivity (Wildman–Crippen MR) is 156 cm³/mol. The Balaban J connectivity index is 1.36. The zero-order chi connectivity index (χ0) is 29.0. The summed E-state index contributed by atoms with van der Waals surface area (Å²) in [4.78, 5) is 26.1. The molecule has 41 heavy (non-hydrogen) atoms. The second-order valence-corrected chi connectivity index (χ2v) is 9.84. The Bertz CT molecular complexity index is 1430. The highest BCUT2D eigenvalue weighted by Gasteiger charge is 2.21. The summed E-state index contributed by atoms with van der Waals surface area (Å²) in [5, 5.41) is 3.33. The van der Waals surface area contributed by atoms with E-state index in [1.165, 1.54) is 12.1 Å². The van der Waals surface area contributed by atoms with Crippen molar-refractivity contribution in [3.8, 4) is 17.2 Å². The van der Waals surface area contributed by atoms with Crippen LogP contribution in [0.2, 0.25) is 5.02 Å². The summed E-state index contributed by atoms with van der Waals surface area (Å²) >= 11 is 6.20. The predicted octanol–water partition coefficient (Wildman–Crippen LogP) is 6.73. The molecule has 8 heteroatoms. The smallest absolute Gasteiger partial charge is 0.220 e. The number of halogens is 2. The number of carbonyl (C=O) groups is 2. The molecule has 1 atom stereocenters. The molecule has 1 N–H and O–H groups in total. The van der Waals surface area contributed by atoms with E-state index in [-0.39, 0.29) is 37.0 Å². The monoisotopic (exact) mass is 575 g/mol. The molecule has 0 aliphatic heterocycles. The van der Waals surface area contributed by atoms with Gasteiger partial charge < -0.3 is 19.5 Å². The van der Waals surface area contributed by atoms with Crippen LogP contribution < -0.4 is 14.8 Å². The van der Waals surface area contributed by atoms with Crippen molar-refractivity contribution in [1.82, 2.24) is 5.32 Å². The van der Waals surface area contributed by atoms with Crippen LogP contribution in [0.5, 0.6) is 17.2 Å². The van der Waals surface area contributed by atoms with Gasteiger partial charge in [0.25, 0.3) is 0 Å². The number of aryl methyl sites for hydroxylation is 1. The lowest BCUT2D eigenvalue weighted by molar-refractivity contribution is -0.129. The summed E-state index contributed by atoms with van der Waals surface area (Å²) in [6.07, 6.45) is 0.738. The van der Waals surface area contributed by atoms with Gasteiger partial charge in [0, 0.05) is 12.8 Å². The molecule has 0 bridgehead atoms. The van der Waals surface area contributed by atoms with Crippen LogP contribution in [-0.4, -0.2) is 31.4 Å². The lowest BCUT2D eigenvalue weighted by Crippen LogP contribution is -2.44. The van der Waals surface area contributed by atoms with Gasteiger partial charge in [-0.05, 0) is 71.6 Å². The number of amides is 1. The van der Waals surface area contributed by atoms with Crippen molar-refractivity contribution in [1.29, 1.82) is 0 Å². The second kappa shape index (κ2) is 15.0. The van der Waals surface area contributed by atoms with Crippen molar-refractivity contribution in [3.05, 3.63) is 125 Å². The summed E-state index contributed by atoms with van der Waals surface area (Å²) in [6, 6.07) is 27.0. The van der Waals surface area contributed by atoms with E-state index < -0.39 is 6.04 Å². The first kappa shape index (κ1) is 29.8. The third-order valence-electron chi connectivity index (χ3n) is 6.33. The molecule has 1 amide bonds. The van der Waals surface area contributed by atoms with Crippen molar-refractivity contribution < 1.29 is 28.2 Å². The summed E-state index contributed by atoms with van der Waals surface area (Å²) in [5.74, 6) is 0.850. The summed E-state index contributed by atoms with van der Waals surface area (Å²) in [7, 11) is 1.54. The largest absolute Gasteiger partial charge is 0.495 e. The Labute approximate surface area is 244 Å². The maximum Gasteiger partial charge on any atom is 0.220 e. The molecule has 4 aromatic carbocycles. The molecule has 0 heterocycles. The Kier molecular flexibility index (Phi) is 10.9. The van der Waals surface area contributed by atoms with Gasteiger partial charge in [-0.15, -0.1) is 0 Å². The SMILES string of the molecule is COc1ccc(CCC(=O)N[C@@H](COCc2ccccc2)C(=O)Cc2ccc(Oc3ccc(F)cc3)cc2)cc1Cl. The van der Waals surface area contributed by atoms with Gasteiger partial charge in [0.05, 0.1) is 25.3 Å². The molecule has 0 radical (unpaired) electrons. The highest BCUT2D eigenvalue weighted by Crippen LogP contribution is 2.25. The van der Waals surface area contributed by atoms with E-state index in [1.54, 1.807) is 55.6 Å². The van der Waals surface area contributed by atoms with E-state index in [1.807, 2.05) is 36.4 Å². The van der Waals surface area contributed by atoms with Gasteiger partial charge in [0.1, 0.15) is 29.1 Å². The van der Waals surface area contributed by atoms with E-state index >= 15 is 0 Å². The fraction of sp³-hybridized carbons (Fsp3) is 0.212. The van der Waals surface area contributed by atoms with Crippen molar-refractivity contribution in [2.24, 2.45) is 0 Å². The Morgan fingerprint density at radius 1 is 0.854 bits per heavy atom. The van der Waals surface area contributed by atoms with E-state index in [0.29, 0.717) is 35.3 Å². The van der Waals surface area contributed by atoms with Crippen molar-refractivity contribution in [2.75, 3.05) is 13.7 Å². The minimum atomic E-state index is -0.819. The first-order chi connectivity index (χ1) is 19.9. The Hall–Kier alpha value is -4.20. The van der Waals surface area contributed by atoms with Gasteiger partial charge in [0.15, 0.2) is 5.78 Å². The maximum absolute atomic E-state index is 13.3. The second-order valence-electron chi connectivity index (χ2n) is 9.43. The molecule has 0 aromatic heterocycles. The fourth-order valence-electron chi connectivity index (χ4n) is 4.11. The number of rotatable bonds is 14. The fourth-order valence-corrected chi connectivity index (χ4v) is 4.39. The molecule has 0 fully saturated rings. The van der Waals surface area contributed by atoms with E-state index in [0.717, 1.165) is 16.7 Å². The summed E-state index contributed by atoms with van der Waals surface area (Å²) in [6.45, 7) is 0.361. The van der Waals surface area contributed by atoms with E-state index in [4.69, 9.17) is 25.8 Å². The highest BCUT2D eigenvalue weighted by molar-refractivity contribution is 6.32.